The quantitative estimate of drug-likeness (QED) is 0.517. The van der Waals surface area contributed by atoms with Crippen molar-refractivity contribution in [2.24, 2.45) is 14.1 Å². The highest BCUT2D eigenvalue weighted by Crippen LogP contribution is 2.22. The third-order valence-corrected chi connectivity index (χ3v) is 5.34. The first-order valence-corrected chi connectivity index (χ1v) is 9.76. The van der Waals surface area contributed by atoms with Crippen LogP contribution in [0.5, 0.6) is 0 Å². The van der Waals surface area contributed by atoms with Gasteiger partial charge in [-0.05, 0) is 31.0 Å². The van der Waals surface area contributed by atoms with Crippen molar-refractivity contribution in [2.75, 3.05) is 11.1 Å². The van der Waals surface area contributed by atoms with E-state index < -0.39 is 11.2 Å². The molecule has 2 heterocycles. The van der Waals surface area contributed by atoms with Crippen LogP contribution in [0, 0.1) is 6.92 Å². The first kappa shape index (κ1) is 19.8. The van der Waals surface area contributed by atoms with E-state index in [0.29, 0.717) is 16.5 Å². The summed E-state index contributed by atoms with van der Waals surface area (Å²) in [5, 5.41) is 3.45. The van der Waals surface area contributed by atoms with E-state index in [1.54, 1.807) is 14.0 Å². The smallest absolute Gasteiger partial charge is 0.325 e. The molecule has 146 valence electrons. The topological polar surface area (TPSA) is 98.9 Å². The summed E-state index contributed by atoms with van der Waals surface area (Å²) in [6, 6.07) is 7.65. The van der Waals surface area contributed by atoms with E-state index in [1.807, 2.05) is 24.3 Å². The molecule has 0 spiro atoms. The molecule has 28 heavy (non-hydrogen) atoms. The number of aryl methyl sites for hydroxylation is 3. The van der Waals surface area contributed by atoms with E-state index in [-0.39, 0.29) is 22.7 Å². The van der Waals surface area contributed by atoms with Gasteiger partial charge in [-0.3, -0.25) is 18.7 Å². The second-order valence-electron chi connectivity index (χ2n) is 6.37. The fourth-order valence-electron chi connectivity index (χ4n) is 2.79. The third kappa shape index (κ3) is 3.84. The number of nitrogens with one attached hydrogen (secondary N) is 1. The standard InChI is InChI=1S/C19H21N5O3S/c1-5-12-6-8-13(9-7-12)22-14(25)10-28-17-15-16(20-11(2)21-17)23(3)19(27)24(4)18(15)26/h6-9H,5,10H2,1-4H3,(H,22,25). The van der Waals surface area contributed by atoms with Crippen molar-refractivity contribution in [3.63, 3.8) is 0 Å². The number of carbonyl (C=O) groups is 1. The lowest BCUT2D eigenvalue weighted by molar-refractivity contribution is -0.113. The molecule has 0 saturated carbocycles. The molecule has 1 N–H and O–H groups in total. The molecule has 3 aromatic rings. The molecule has 1 aromatic carbocycles. The largest absolute Gasteiger partial charge is 0.332 e. The summed E-state index contributed by atoms with van der Waals surface area (Å²) >= 11 is 1.14. The lowest BCUT2D eigenvalue weighted by atomic mass is 10.1. The van der Waals surface area contributed by atoms with Crippen LogP contribution < -0.4 is 16.6 Å². The molecule has 8 nitrogen and oxygen atoms in total. The average Bonchev–Trinajstić information content (AvgIpc) is 2.69. The fraction of sp³-hybridized carbons (Fsp3) is 0.316. The Morgan fingerprint density at radius 3 is 2.43 bits per heavy atom. The van der Waals surface area contributed by atoms with Crippen LogP contribution in [0.4, 0.5) is 5.69 Å². The predicted octanol–water partition coefficient (Wildman–Crippen LogP) is 1.63. The summed E-state index contributed by atoms with van der Waals surface area (Å²) in [6.45, 7) is 3.75. The Kier molecular flexibility index (Phi) is 5.64. The summed E-state index contributed by atoms with van der Waals surface area (Å²) in [4.78, 5) is 45.6. The van der Waals surface area contributed by atoms with Crippen molar-refractivity contribution < 1.29 is 4.79 Å². The minimum absolute atomic E-state index is 0.0765. The summed E-state index contributed by atoms with van der Waals surface area (Å²) in [6.07, 6.45) is 0.932. The molecule has 2 aromatic heterocycles. The fourth-order valence-corrected chi connectivity index (χ4v) is 3.65. The minimum Gasteiger partial charge on any atom is -0.325 e. The maximum Gasteiger partial charge on any atom is 0.332 e. The SMILES string of the molecule is CCc1ccc(NC(=O)CSc2nc(C)nc3c2c(=O)n(C)c(=O)n3C)cc1. The van der Waals surface area contributed by atoms with Crippen LogP contribution in [0.15, 0.2) is 38.9 Å². The first-order valence-electron chi connectivity index (χ1n) is 8.77. The maximum absolute atomic E-state index is 12.6. The van der Waals surface area contributed by atoms with Crippen molar-refractivity contribution in [3.05, 3.63) is 56.5 Å². The third-order valence-electron chi connectivity index (χ3n) is 4.36. The molecule has 0 bridgehead atoms. The van der Waals surface area contributed by atoms with Gasteiger partial charge in [0.1, 0.15) is 16.2 Å². The molecule has 0 aliphatic carbocycles. The van der Waals surface area contributed by atoms with Crippen molar-refractivity contribution >= 4 is 34.4 Å². The molecular formula is C19H21N5O3S. The van der Waals surface area contributed by atoms with Crippen molar-refractivity contribution in [2.45, 2.75) is 25.3 Å². The van der Waals surface area contributed by atoms with Crippen LogP contribution in [0.2, 0.25) is 0 Å². The zero-order valence-corrected chi connectivity index (χ0v) is 17.0. The van der Waals surface area contributed by atoms with Crippen molar-refractivity contribution in [3.8, 4) is 0 Å². The molecule has 0 unspecified atom stereocenters. The summed E-state index contributed by atoms with van der Waals surface area (Å²) in [5.74, 6) is 0.293. The van der Waals surface area contributed by atoms with E-state index in [9.17, 15) is 14.4 Å². The molecular weight excluding hydrogens is 378 g/mol. The van der Waals surface area contributed by atoms with Gasteiger partial charge in [0.05, 0.1) is 5.75 Å². The number of anilines is 1. The van der Waals surface area contributed by atoms with Crippen LogP contribution in [-0.4, -0.2) is 30.8 Å². The van der Waals surface area contributed by atoms with Gasteiger partial charge in [-0.15, -0.1) is 0 Å². The molecule has 9 heteroatoms. The number of amides is 1. The van der Waals surface area contributed by atoms with E-state index in [1.165, 1.54) is 17.2 Å². The van der Waals surface area contributed by atoms with Gasteiger partial charge < -0.3 is 5.32 Å². The lowest BCUT2D eigenvalue weighted by Gasteiger charge is -2.11. The Bertz CT molecular complexity index is 1170. The molecule has 0 radical (unpaired) electrons. The molecule has 0 fully saturated rings. The second kappa shape index (κ2) is 7.97. The van der Waals surface area contributed by atoms with Crippen LogP contribution in [0.25, 0.3) is 11.0 Å². The van der Waals surface area contributed by atoms with Gasteiger partial charge >= 0.3 is 5.69 Å². The van der Waals surface area contributed by atoms with E-state index in [2.05, 4.69) is 22.2 Å². The Hall–Kier alpha value is -2.94. The van der Waals surface area contributed by atoms with Gasteiger partial charge in [0.15, 0.2) is 5.65 Å². The molecule has 0 aliphatic heterocycles. The molecule has 0 atom stereocenters. The van der Waals surface area contributed by atoms with Gasteiger partial charge in [-0.25, -0.2) is 14.8 Å². The normalized spacial score (nSPS) is 11.0. The monoisotopic (exact) mass is 399 g/mol. The number of fused-ring (bicyclic) bond motifs is 1. The van der Waals surface area contributed by atoms with Crippen LogP contribution in [-0.2, 0) is 25.3 Å². The predicted molar refractivity (Wildman–Crippen MR) is 110 cm³/mol. The van der Waals surface area contributed by atoms with Crippen molar-refractivity contribution in [1.29, 1.82) is 0 Å². The first-order chi connectivity index (χ1) is 13.3. The van der Waals surface area contributed by atoms with Crippen LogP contribution in [0.1, 0.15) is 18.3 Å². The summed E-state index contributed by atoms with van der Waals surface area (Å²) in [5.41, 5.74) is 1.23. The number of benzene rings is 1. The summed E-state index contributed by atoms with van der Waals surface area (Å²) < 4.78 is 2.32. The second-order valence-corrected chi connectivity index (χ2v) is 7.33. The number of aromatic nitrogens is 4. The van der Waals surface area contributed by atoms with E-state index >= 15 is 0 Å². The zero-order valence-electron chi connectivity index (χ0n) is 16.1. The Morgan fingerprint density at radius 2 is 1.79 bits per heavy atom. The van der Waals surface area contributed by atoms with Gasteiger partial charge in [-0.1, -0.05) is 30.8 Å². The Morgan fingerprint density at radius 1 is 1.11 bits per heavy atom. The highest BCUT2D eigenvalue weighted by atomic mass is 32.2. The number of thioether (sulfide) groups is 1. The van der Waals surface area contributed by atoms with E-state index in [0.717, 1.165) is 22.7 Å². The highest BCUT2D eigenvalue weighted by molar-refractivity contribution is 8.00. The maximum atomic E-state index is 12.6. The minimum atomic E-state index is -0.476. The summed E-state index contributed by atoms with van der Waals surface area (Å²) in [7, 11) is 2.96. The molecule has 0 saturated heterocycles. The number of rotatable bonds is 5. The average molecular weight is 399 g/mol. The van der Waals surface area contributed by atoms with Gasteiger partial charge in [0.25, 0.3) is 5.56 Å². The van der Waals surface area contributed by atoms with Gasteiger partial charge in [-0.2, -0.15) is 0 Å². The van der Waals surface area contributed by atoms with Crippen molar-refractivity contribution in [1.82, 2.24) is 19.1 Å². The van der Waals surface area contributed by atoms with Gasteiger partial charge in [0.2, 0.25) is 5.91 Å². The number of nitrogens with zero attached hydrogens (tertiary/aromatic N) is 4. The van der Waals surface area contributed by atoms with Crippen LogP contribution >= 0.6 is 11.8 Å². The van der Waals surface area contributed by atoms with Crippen LogP contribution in [0.3, 0.4) is 0 Å². The molecule has 1 amide bonds. The molecule has 0 aliphatic rings. The number of carbonyl (C=O) groups excluding carboxylic acids is 1. The molecule has 3 rings (SSSR count). The van der Waals surface area contributed by atoms with E-state index in [4.69, 9.17) is 0 Å². The Balaban J connectivity index is 1.86. The van der Waals surface area contributed by atoms with Gasteiger partial charge in [0, 0.05) is 19.8 Å². The highest BCUT2D eigenvalue weighted by Gasteiger charge is 2.17. The Labute approximate surface area is 165 Å². The zero-order chi connectivity index (χ0) is 20.4. The number of hydrogen-bond acceptors (Lipinski definition) is 6. The lowest BCUT2D eigenvalue weighted by Crippen LogP contribution is -2.37. The number of hydrogen-bond donors (Lipinski definition) is 1.